The summed E-state index contributed by atoms with van der Waals surface area (Å²) in [7, 11) is 1.40. The molecule has 0 radical (unpaired) electrons. The predicted octanol–water partition coefficient (Wildman–Crippen LogP) is 5.80. The molecule has 0 bridgehead atoms. The summed E-state index contributed by atoms with van der Waals surface area (Å²) in [5.74, 6) is -1.70. The minimum Gasteiger partial charge on any atom is -0.349 e. The standard InChI is InChI=1S/C23H18ClF6N3O2/c1-3-7-31-20(34)15-9-13-10-18(33(2)17(13)11-16(15)24)21(35)32-19(23(28,29)30)12-5-4-6-14(8-12)22(25,26)27/h3-6,8-11,19H,1,7H2,2H3,(H,31,34)(H,32,35). The van der Waals surface area contributed by atoms with Crippen molar-refractivity contribution in [2.75, 3.05) is 6.54 Å². The first-order valence-electron chi connectivity index (χ1n) is 9.97. The maximum Gasteiger partial charge on any atom is 0.416 e. The second-order valence-electron chi connectivity index (χ2n) is 7.55. The summed E-state index contributed by atoms with van der Waals surface area (Å²) in [4.78, 5) is 25.1. The van der Waals surface area contributed by atoms with Gasteiger partial charge in [0.1, 0.15) is 5.69 Å². The molecule has 0 aliphatic rings. The normalized spacial score (nSPS) is 12.9. The molecule has 2 N–H and O–H groups in total. The lowest BCUT2D eigenvalue weighted by molar-refractivity contribution is -0.156. The van der Waals surface area contributed by atoms with Crippen molar-refractivity contribution in [2.45, 2.75) is 18.4 Å². The third-order valence-corrected chi connectivity index (χ3v) is 5.48. The highest BCUT2D eigenvalue weighted by molar-refractivity contribution is 6.34. The van der Waals surface area contributed by atoms with E-state index in [-0.39, 0.29) is 22.8 Å². The van der Waals surface area contributed by atoms with Crippen molar-refractivity contribution in [3.63, 3.8) is 0 Å². The summed E-state index contributed by atoms with van der Waals surface area (Å²) < 4.78 is 81.5. The van der Waals surface area contributed by atoms with Crippen molar-refractivity contribution < 1.29 is 35.9 Å². The fraction of sp³-hybridized carbons (Fsp3) is 0.217. The number of halogens is 7. The Morgan fingerprint density at radius 3 is 2.37 bits per heavy atom. The van der Waals surface area contributed by atoms with E-state index in [0.717, 1.165) is 12.1 Å². The summed E-state index contributed by atoms with van der Waals surface area (Å²) in [6.45, 7) is 3.65. The lowest BCUT2D eigenvalue weighted by Gasteiger charge is -2.23. The minimum absolute atomic E-state index is 0.0457. The van der Waals surface area contributed by atoms with Crippen molar-refractivity contribution in [3.8, 4) is 0 Å². The van der Waals surface area contributed by atoms with Gasteiger partial charge in [-0.1, -0.05) is 29.8 Å². The Hall–Kier alpha value is -3.47. The van der Waals surface area contributed by atoms with Crippen LogP contribution in [0.4, 0.5) is 26.3 Å². The number of fused-ring (bicyclic) bond motifs is 1. The van der Waals surface area contributed by atoms with Gasteiger partial charge in [-0.2, -0.15) is 26.3 Å². The van der Waals surface area contributed by atoms with E-state index in [1.54, 1.807) is 5.32 Å². The molecule has 1 aromatic heterocycles. The van der Waals surface area contributed by atoms with Crippen LogP contribution in [-0.4, -0.2) is 29.1 Å². The van der Waals surface area contributed by atoms with Gasteiger partial charge < -0.3 is 15.2 Å². The lowest BCUT2D eigenvalue weighted by Crippen LogP contribution is -2.38. The molecule has 35 heavy (non-hydrogen) atoms. The van der Waals surface area contributed by atoms with Crippen LogP contribution in [0.1, 0.15) is 38.0 Å². The van der Waals surface area contributed by atoms with E-state index in [2.05, 4.69) is 11.9 Å². The van der Waals surface area contributed by atoms with Gasteiger partial charge in [0.15, 0.2) is 6.04 Å². The molecule has 1 atom stereocenters. The van der Waals surface area contributed by atoms with Gasteiger partial charge in [-0.25, -0.2) is 0 Å². The third kappa shape index (κ3) is 5.61. The first-order valence-corrected chi connectivity index (χ1v) is 10.3. The number of aromatic nitrogens is 1. The number of aryl methyl sites for hydroxylation is 1. The van der Waals surface area contributed by atoms with E-state index in [0.29, 0.717) is 23.0 Å². The van der Waals surface area contributed by atoms with Gasteiger partial charge in [0, 0.05) is 24.5 Å². The zero-order chi connectivity index (χ0) is 26.1. The molecule has 12 heteroatoms. The Morgan fingerprint density at radius 1 is 1.09 bits per heavy atom. The molecule has 1 unspecified atom stereocenters. The quantitative estimate of drug-likeness (QED) is 0.321. The molecule has 0 aliphatic carbocycles. The molecule has 0 aliphatic heterocycles. The molecule has 3 rings (SSSR count). The second kappa shape index (κ2) is 9.65. The van der Waals surface area contributed by atoms with Crippen LogP contribution < -0.4 is 10.6 Å². The first kappa shape index (κ1) is 26.1. The molecule has 5 nitrogen and oxygen atoms in total. The number of rotatable bonds is 6. The molecule has 186 valence electrons. The predicted molar refractivity (Wildman–Crippen MR) is 118 cm³/mol. The molecule has 1 heterocycles. The number of alkyl halides is 6. The fourth-order valence-electron chi connectivity index (χ4n) is 3.47. The fourth-order valence-corrected chi connectivity index (χ4v) is 3.71. The Bertz CT molecular complexity index is 1300. The summed E-state index contributed by atoms with van der Waals surface area (Å²) in [6, 6.07) is 3.97. The van der Waals surface area contributed by atoms with Gasteiger partial charge in [-0.05, 0) is 35.9 Å². The zero-order valence-electron chi connectivity index (χ0n) is 18.0. The molecular weight excluding hydrogens is 500 g/mol. The van der Waals surface area contributed by atoms with Gasteiger partial charge in [0.05, 0.1) is 16.1 Å². The molecule has 2 amide bonds. The Labute approximate surface area is 200 Å². The van der Waals surface area contributed by atoms with Gasteiger partial charge >= 0.3 is 12.4 Å². The zero-order valence-corrected chi connectivity index (χ0v) is 18.8. The van der Waals surface area contributed by atoms with Crippen LogP contribution in [0.25, 0.3) is 10.9 Å². The van der Waals surface area contributed by atoms with Crippen LogP contribution in [0.3, 0.4) is 0 Å². The highest BCUT2D eigenvalue weighted by Gasteiger charge is 2.43. The van der Waals surface area contributed by atoms with Crippen LogP contribution in [0.15, 0.2) is 55.1 Å². The maximum atomic E-state index is 13.7. The van der Waals surface area contributed by atoms with E-state index in [1.807, 2.05) is 0 Å². The number of nitrogens with zero attached hydrogens (tertiary/aromatic N) is 1. The average molecular weight is 518 g/mol. The Balaban J connectivity index is 1.98. The van der Waals surface area contributed by atoms with Crippen molar-refractivity contribution in [3.05, 3.63) is 82.5 Å². The smallest absolute Gasteiger partial charge is 0.349 e. The SMILES string of the molecule is C=CCNC(=O)c1cc2cc(C(=O)NC(c3cccc(C(F)(F)F)c3)C(F)(F)F)n(C)c2cc1Cl. The van der Waals surface area contributed by atoms with Crippen LogP contribution in [0, 0.1) is 0 Å². The maximum absolute atomic E-state index is 13.7. The van der Waals surface area contributed by atoms with Crippen molar-refractivity contribution in [2.24, 2.45) is 7.05 Å². The minimum atomic E-state index is -5.08. The number of amides is 2. The monoisotopic (exact) mass is 517 g/mol. The van der Waals surface area contributed by atoms with Gasteiger partial charge in [-0.3, -0.25) is 9.59 Å². The van der Waals surface area contributed by atoms with Gasteiger partial charge in [-0.15, -0.1) is 6.58 Å². The van der Waals surface area contributed by atoms with Crippen molar-refractivity contribution in [1.82, 2.24) is 15.2 Å². The highest BCUT2D eigenvalue weighted by Crippen LogP contribution is 2.37. The van der Waals surface area contributed by atoms with E-state index < -0.39 is 41.3 Å². The number of benzene rings is 2. The van der Waals surface area contributed by atoms with Crippen LogP contribution in [0.2, 0.25) is 5.02 Å². The largest absolute Gasteiger partial charge is 0.416 e. The number of hydrogen-bond donors (Lipinski definition) is 2. The number of nitrogens with one attached hydrogen (secondary N) is 2. The Kier molecular flexibility index (Phi) is 7.21. The van der Waals surface area contributed by atoms with E-state index in [4.69, 9.17) is 11.6 Å². The van der Waals surface area contributed by atoms with E-state index in [1.165, 1.54) is 35.9 Å². The number of hydrogen-bond acceptors (Lipinski definition) is 2. The van der Waals surface area contributed by atoms with Crippen molar-refractivity contribution >= 4 is 34.3 Å². The van der Waals surface area contributed by atoms with Gasteiger partial charge in [0.2, 0.25) is 0 Å². The summed E-state index contributed by atoms with van der Waals surface area (Å²) in [6.07, 6.45) is -8.48. The summed E-state index contributed by atoms with van der Waals surface area (Å²) in [5, 5.41) is 4.70. The van der Waals surface area contributed by atoms with Crippen molar-refractivity contribution in [1.29, 1.82) is 0 Å². The number of carbonyl (C=O) groups is 2. The molecule has 0 saturated heterocycles. The summed E-state index contributed by atoms with van der Waals surface area (Å²) >= 11 is 6.17. The lowest BCUT2D eigenvalue weighted by atomic mass is 10.0. The van der Waals surface area contributed by atoms with Crippen LogP contribution in [-0.2, 0) is 13.2 Å². The number of carbonyl (C=O) groups excluding carboxylic acids is 2. The topological polar surface area (TPSA) is 63.1 Å². The van der Waals surface area contributed by atoms with Gasteiger partial charge in [0.25, 0.3) is 11.8 Å². The van der Waals surface area contributed by atoms with Crippen LogP contribution in [0.5, 0.6) is 0 Å². The summed E-state index contributed by atoms with van der Waals surface area (Å²) in [5.41, 5.74) is -1.84. The highest BCUT2D eigenvalue weighted by atomic mass is 35.5. The molecular formula is C23H18ClF6N3O2. The van der Waals surface area contributed by atoms with Crippen LogP contribution >= 0.6 is 11.6 Å². The molecule has 3 aromatic rings. The third-order valence-electron chi connectivity index (χ3n) is 5.17. The molecule has 0 spiro atoms. The first-order chi connectivity index (χ1) is 16.2. The second-order valence-corrected chi connectivity index (χ2v) is 7.96. The van der Waals surface area contributed by atoms with E-state index in [9.17, 15) is 35.9 Å². The molecule has 0 saturated carbocycles. The molecule has 0 fully saturated rings. The molecule has 2 aromatic carbocycles. The Morgan fingerprint density at radius 2 is 1.77 bits per heavy atom. The van der Waals surface area contributed by atoms with E-state index >= 15 is 0 Å². The average Bonchev–Trinajstić information content (AvgIpc) is 3.09.